The molecule has 1 unspecified atom stereocenters. The number of unbranched alkanes of at least 4 members (excludes halogenated alkanes) is 11. The molecule has 0 saturated heterocycles. The molecule has 0 aliphatic rings. The van der Waals surface area contributed by atoms with Gasteiger partial charge >= 0.3 is 17.9 Å². The SMILES string of the molecule is CC/C=C\C/C=C\C/C=C\C/C=C\C/C=C\C/C=C\CCC(=O)OCC(COC(=O)CCCCCCCCCCCCCC)OC(=O)CC/C=C\C/C=C\C/C=C\C/C=C\CC. The Morgan fingerprint density at radius 3 is 0.984 bits per heavy atom. The van der Waals surface area contributed by atoms with E-state index in [-0.39, 0.29) is 38.0 Å². The number of ether oxygens (including phenoxy) is 3. The highest BCUT2D eigenvalue weighted by Crippen LogP contribution is 2.13. The largest absolute Gasteiger partial charge is 0.462 e. The van der Waals surface area contributed by atoms with Gasteiger partial charge in [-0.1, -0.05) is 213 Å². The second kappa shape index (κ2) is 49.5. The van der Waals surface area contributed by atoms with Crippen LogP contribution in [0.25, 0.3) is 0 Å². The van der Waals surface area contributed by atoms with Crippen LogP contribution < -0.4 is 0 Å². The van der Waals surface area contributed by atoms with E-state index in [1.54, 1.807) is 0 Å². The summed E-state index contributed by atoms with van der Waals surface area (Å²) >= 11 is 0. The minimum Gasteiger partial charge on any atom is -0.462 e. The number of rotatable bonds is 42. The topological polar surface area (TPSA) is 78.9 Å². The lowest BCUT2D eigenvalue weighted by Gasteiger charge is -2.18. The van der Waals surface area contributed by atoms with Gasteiger partial charge in [-0.15, -0.1) is 0 Å². The summed E-state index contributed by atoms with van der Waals surface area (Å²) in [7, 11) is 0. The fourth-order valence-corrected chi connectivity index (χ4v) is 6.13. The summed E-state index contributed by atoms with van der Waals surface area (Å²) in [5.41, 5.74) is 0. The number of allylic oxidation sites excluding steroid dienone is 20. The minimum absolute atomic E-state index is 0.132. The maximum atomic E-state index is 12.7. The Labute approximate surface area is 380 Å². The molecule has 0 rings (SSSR count). The van der Waals surface area contributed by atoms with Crippen LogP contribution in [0.4, 0.5) is 0 Å². The number of carbonyl (C=O) groups excluding carboxylic acids is 3. The normalized spacial score (nSPS) is 13.1. The zero-order chi connectivity index (χ0) is 45.1. The summed E-state index contributed by atoms with van der Waals surface area (Å²) in [5, 5.41) is 0. The third kappa shape index (κ3) is 46.9. The molecule has 1 atom stereocenters. The van der Waals surface area contributed by atoms with Crippen LogP contribution in [0.5, 0.6) is 0 Å². The van der Waals surface area contributed by atoms with Crippen LogP contribution in [-0.2, 0) is 28.6 Å². The Kier molecular flexibility index (Phi) is 46.1. The Hall–Kier alpha value is -4.19. The highest BCUT2D eigenvalue weighted by atomic mass is 16.6. The molecule has 0 amide bonds. The van der Waals surface area contributed by atoms with E-state index in [1.807, 2.05) is 24.3 Å². The van der Waals surface area contributed by atoms with Gasteiger partial charge in [0.05, 0.1) is 0 Å². The van der Waals surface area contributed by atoms with Crippen molar-refractivity contribution in [2.75, 3.05) is 13.2 Å². The molecule has 6 nitrogen and oxygen atoms in total. The van der Waals surface area contributed by atoms with Crippen molar-refractivity contribution in [3.05, 3.63) is 122 Å². The molecule has 62 heavy (non-hydrogen) atoms. The summed E-state index contributed by atoms with van der Waals surface area (Å²) in [6.45, 7) is 6.25. The lowest BCUT2D eigenvalue weighted by molar-refractivity contribution is -0.166. The Balaban J connectivity index is 4.59. The van der Waals surface area contributed by atoms with E-state index in [0.29, 0.717) is 19.3 Å². The zero-order valence-electron chi connectivity index (χ0n) is 39.6. The molecule has 0 saturated carbocycles. The van der Waals surface area contributed by atoms with Crippen LogP contribution in [0, 0.1) is 0 Å². The van der Waals surface area contributed by atoms with E-state index in [9.17, 15) is 14.4 Å². The van der Waals surface area contributed by atoms with Crippen LogP contribution in [0.15, 0.2) is 122 Å². The quantitative estimate of drug-likeness (QED) is 0.0263. The number of esters is 3. The smallest absolute Gasteiger partial charge is 0.306 e. The summed E-state index contributed by atoms with van der Waals surface area (Å²) in [5.74, 6) is -1.11. The maximum Gasteiger partial charge on any atom is 0.306 e. The molecule has 0 fully saturated rings. The summed E-state index contributed by atoms with van der Waals surface area (Å²) in [6.07, 6.45) is 67.8. The first kappa shape index (κ1) is 57.8. The van der Waals surface area contributed by atoms with E-state index in [0.717, 1.165) is 83.5 Å². The minimum atomic E-state index is -0.847. The number of hydrogen-bond acceptors (Lipinski definition) is 6. The van der Waals surface area contributed by atoms with E-state index in [4.69, 9.17) is 14.2 Å². The molecule has 348 valence electrons. The van der Waals surface area contributed by atoms with Gasteiger partial charge in [0.2, 0.25) is 0 Å². The molecule has 0 aromatic carbocycles. The number of carbonyl (C=O) groups is 3. The maximum absolute atomic E-state index is 12.7. The van der Waals surface area contributed by atoms with E-state index >= 15 is 0 Å². The van der Waals surface area contributed by atoms with Gasteiger partial charge in [0.1, 0.15) is 13.2 Å². The van der Waals surface area contributed by atoms with Crippen molar-refractivity contribution in [2.45, 2.75) is 200 Å². The monoisotopic (exact) mass is 857 g/mol. The molecule has 0 bridgehead atoms. The molecular weight excluding hydrogens is 769 g/mol. The molecule has 0 spiro atoms. The van der Waals surface area contributed by atoms with Gasteiger partial charge in [-0.25, -0.2) is 0 Å². The van der Waals surface area contributed by atoms with Gasteiger partial charge in [-0.3, -0.25) is 14.4 Å². The van der Waals surface area contributed by atoms with Crippen molar-refractivity contribution < 1.29 is 28.6 Å². The Bertz CT molecular complexity index is 1350. The standard InChI is InChI=1S/C56H88O6/c1-4-7-10-13-16-19-22-25-26-27-28-29-30-32-34-37-40-43-46-49-55(58)61-52-53(51-60-54(57)48-45-42-39-36-33-24-21-18-15-12-9-6-3)62-56(59)50-47-44-41-38-35-31-23-20-17-14-11-8-5-2/h7-8,10-11,16-17,19-20,25-26,28-29,31-32,34-35,40-41,43-44,53H,4-6,9,12-15,18,21-24,27,30,33,36-39,42,45-52H2,1-3H3/b10-7-,11-8-,19-16-,20-17-,26-25-,29-28-,34-32-,35-31-,43-40-,44-41-. The average Bonchev–Trinajstić information content (AvgIpc) is 3.27. The Morgan fingerprint density at radius 1 is 0.339 bits per heavy atom. The molecule has 0 heterocycles. The van der Waals surface area contributed by atoms with Gasteiger partial charge in [0.15, 0.2) is 6.10 Å². The van der Waals surface area contributed by atoms with Gasteiger partial charge < -0.3 is 14.2 Å². The Morgan fingerprint density at radius 2 is 0.629 bits per heavy atom. The molecule has 0 aromatic rings. The fraction of sp³-hybridized carbons (Fsp3) is 0.589. The molecule has 0 aliphatic carbocycles. The van der Waals surface area contributed by atoms with Crippen LogP contribution in [-0.4, -0.2) is 37.2 Å². The third-order valence-electron chi connectivity index (χ3n) is 9.74. The summed E-state index contributed by atoms with van der Waals surface area (Å²) in [4.78, 5) is 37.8. The summed E-state index contributed by atoms with van der Waals surface area (Å²) < 4.78 is 16.6. The van der Waals surface area contributed by atoms with Crippen LogP contribution in [0.2, 0.25) is 0 Å². The molecule has 0 N–H and O–H groups in total. The van der Waals surface area contributed by atoms with Crippen LogP contribution in [0.3, 0.4) is 0 Å². The van der Waals surface area contributed by atoms with Crippen LogP contribution >= 0.6 is 0 Å². The first-order chi connectivity index (χ1) is 30.5. The van der Waals surface area contributed by atoms with Gasteiger partial charge in [0.25, 0.3) is 0 Å². The highest BCUT2D eigenvalue weighted by Gasteiger charge is 2.19. The first-order valence-electron chi connectivity index (χ1n) is 24.5. The second-order valence-electron chi connectivity index (χ2n) is 15.6. The molecule has 0 aromatic heterocycles. The second-order valence-corrected chi connectivity index (χ2v) is 15.6. The van der Waals surface area contributed by atoms with Crippen molar-refractivity contribution in [1.82, 2.24) is 0 Å². The van der Waals surface area contributed by atoms with Gasteiger partial charge in [-0.05, 0) is 83.5 Å². The van der Waals surface area contributed by atoms with Crippen molar-refractivity contribution in [3.8, 4) is 0 Å². The molecule has 0 radical (unpaired) electrons. The van der Waals surface area contributed by atoms with Crippen molar-refractivity contribution in [2.24, 2.45) is 0 Å². The predicted molar refractivity (Wildman–Crippen MR) is 265 cm³/mol. The average molecular weight is 857 g/mol. The zero-order valence-corrected chi connectivity index (χ0v) is 39.6. The number of hydrogen-bond donors (Lipinski definition) is 0. The lowest BCUT2D eigenvalue weighted by atomic mass is 10.0. The molecular formula is C56H88O6. The van der Waals surface area contributed by atoms with E-state index < -0.39 is 12.1 Å². The highest BCUT2D eigenvalue weighted by molar-refractivity contribution is 5.71. The first-order valence-corrected chi connectivity index (χ1v) is 24.5. The van der Waals surface area contributed by atoms with Crippen molar-refractivity contribution in [3.63, 3.8) is 0 Å². The fourth-order valence-electron chi connectivity index (χ4n) is 6.13. The predicted octanol–water partition coefficient (Wildman–Crippen LogP) is 16.1. The van der Waals surface area contributed by atoms with Crippen LogP contribution in [0.1, 0.15) is 194 Å². The van der Waals surface area contributed by atoms with Crippen molar-refractivity contribution >= 4 is 17.9 Å². The molecule has 6 heteroatoms. The molecule has 0 aliphatic heterocycles. The third-order valence-corrected chi connectivity index (χ3v) is 9.74. The van der Waals surface area contributed by atoms with Crippen molar-refractivity contribution in [1.29, 1.82) is 0 Å². The summed E-state index contributed by atoms with van der Waals surface area (Å²) in [6, 6.07) is 0. The van der Waals surface area contributed by atoms with Gasteiger partial charge in [-0.2, -0.15) is 0 Å². The van der Waals surface area contributed by atoms with Gasteiger partial charge in [0, 0.05) is 19.3 Å². The van der Waals surface area contributed by atoms with E-state index in [2.05, 4.69) is 118 Å². The lowest BCUT2D eigenvalue weighted by Crippen LogP contribution is -2.30. The van der Waals surface area contributed by atoms with E-state index in [1.165, 1.54) is 57.8 Å².